The molecule has 0 aliphatic heterocycles. The topological polar surface area (TPSA) is 12.9 Å². The lowest BCUT2D eigenvalue weighted by Gasteiger charge is -2.30. The number of aromatic nitrogens is 1. The van der Waals surface area contributed by atoms with Crippen molar-refractivity contribution < 1.29 is 0 Å². The highest BCUT2D eigenvalue weighted by Gasteiger charge is 2.25. The Morgan fingerprint density at radius 2 is 1.29 bits per heavy atom. The lowest BCUT2D eigenvalue weighted by molar-refractivity contribution is 0.530. The van der Waals surface area contributed by atoms with Crippen molar-refractivity contribution in [3.8, 4) is 11.1 Å². The summed E-state index contributed by atoms with van der Waals surface area (Å²) in [7, 11) is 0. The molecule has 0 bridgehead atoms. The molecule has 0 saturated heterocycles. The van der Waals surface area contributed by atoms with Crippen molar-refractivity contribution in [2.75, 3.05) is 0 Å². The third-order valence-corrected chi connectivity index (χ3v) is 3.88. The minimum Gasteiger partial charge on any atom is -0.261 e. The maximum absolute atomic E-state index is 4.42. The lowest BCUT2D eigenvalue weighted by Crippen LogP contribution is -2.21. The monoisotopic (exact) mass is 281 g/mol. The zero-order valence-corrected chi connectivity index (χ0v) is 14.4. The second kappa shape index (κ2) is 5.29. The van der Waals surface area contributed by atoms with Gasteiger partial charge in [-0.2, -0.15) is 0 Å². The number of hydrogen-bond donors (Lipinski definition) is 0. The van der Waals surface area contributed by atoms with Crippen LogP contribution in [0.15, 0.2) is 36.5 Å². The molecule has 0 spiro atoms. The molecule has 0 atom stereocenters. The Morgan fingerprint density at radius 3 is 1.76 bits per heavy atom. The Bertz CT molecular complexity index is 622. The van der Waals surface area contributed by atoms with E-state index in [1.807, 2.05) is 13.1 Å². The third-order valence-electron chi connectivity index (χ3n) is 3.88. The molecule has 0 radical (unpaired) electrons. The molecule has 1 aromatic heterocycles. The Kier molecular flexibility index (Phi) is 3.97. The molecule has 1 nitrogen and oxygen atoms in total. The van der Waals surface area contributed by atoms with E-state index in [1.54, 1.807) is 0 Å². The van der Waals surface area contributed by atoms with E-state index in [-0.39, 0.29) is 10.8 Å². The molecule has 1 aromatic carbocycles. The van der Waals surface area contributed by atoms with E-state index in [2.05, 4.69) is 76.9 Å². The van der Waals surface area contributed by atoms with Crippen LogP contribution in [0.5, 0.6) is 0 Å². The Balaban J connectivity index is 2.60. The Morgan fingerprint density at radius 1 is 0.714 bits per heavy atom. The Hall–Kier alpha value is -1.63. The van der Waals surface area contributed by atoms with Crippen LogP contribution in [0, 0.1) is 6.92 Å². The number of nitrogens with zero attached hydrogens (tertiary/aromatic N) is 1. The number of rotatable bonds is 1. The number of benzene rings is 1. The largest absolute Gasteiger partial charge is 0.261 e. The van der Waals surface area contributed by atoms with Gasteiger partial charge in [-0.3, -0.25) is 4.98 Å². The Labute approximate surface area is 129 Å². The number of hydrogen-bond acceptors (Lipinski definition) is 1. The highest BCUT2D eigenvalue weighted by molar-refractivity contribution is 5.65. The van der Waals surface area contributed by atoms with Gasteiger partial charge in [-0.25, -0.2) is 0 Å². The van der Waals surface area contributed by atoms with Crippen LogP contribution in [0.3, 0.4) is 0 Å². The maximum Gasteiger partial charge on any atom is 0.0373 e. The average Bonchev–Trinajstić information content (AvgIpc) is 2.37. The van der Waals surface area contributed by atoms with Gasteiger partial charge in [0.15, 0.2) is 0 Å². The average molecular weight is 281 g/mol. The second-order valence-electron chi connectivity index (χ2n) is 7.95. The summed E-state index contributed by atoms with van der Waals surface area (Å²) in [6, 6.07) is 11.1. The standard InChI is InChI=1S/C20H27N/c1-14-8-9-16(13-21-14)15-10-11-17(19(2,3)4)18(12-15)20(5,6)7/h8-13H,1-7H3. The quantitative estimate of drug-likeness (QED) is 0.658. The maximum atomic E-state index is 4.42. The molecule has 0 fully saturated rings. The lowest BCUT2D eigenvalue weighted by atomic mass is 9.74. The van der Waals surface area contributed by atoms with E-state index >= 15 is 0 Å². The molecule has 2 aromatic rings. The van der Waals surface area contributed by atoms with E-state index < -0.39 is 0 Å². The molecule has 21 heavy (non-hydrogen) atoms. The summed E-state index contributed by atoms with van der Waals surface area (Å²) >= 11 is 0. The van der Waals surface area contributed by atoms with Gasteiger partial charge >= 0.3 is 0 Å². The van der Waals surface area contributed by atoms with Crippen molar-refractivity contribution in [1.82, 2.24) is 4.98 Å². The zero-order valence-electron chi connectivity index (χ0n) is 14.4. The molecule has 0 aliphatic rings. The first-order valence-electron chi connectivity index (χ1n) is 7.67. The van der Waals surface area contributed by atoms with Crippen molar-refractivity contribution >= 4 is 0 Å². The molecule has 0 saturated carbocycles. The van der Waals surface area contributed by atoms with Crippen molar-refractivity contribution in [1.29, 1.82) is 0 Å². The SMILES string of the molecule is Cc1ccc(-c2ccc(C(C)(C)C)c(C(C)(C)C)c2)cn1. The summed E-state index contributed by atoms with van der Waals surface area (Å²) in [4.78, 5) is 4.42. The molecular weight excluding hydrogens is 254 g/mol. The molecule has 0 N–H and O–H groups in total. The zero-order chi connectivity index (χ0) is 15.8. The van der Waals surface area contributed by atoms with Crippen molar-refractivity contribution in [2.45, 2.75) is 59.3 Å². The van der Waals surface area contributed by atoms with E-state index in [1.165, 1.54) is 22.3 Å². The van der Waals surface area contributed by atoms with Gasteiger partial charge in [0.25, 0.3) is 0 Å². The summed E-state index contributed by atoms with van der Waals surface area (Å²) in [6.07, 6.45) is 1.97. The van der Waals surface area contributed by atoms with E-state index in [4.69, 9.17) is 0 Å². The van der Waals surface area contributed by atoms with E-state index in [9.17, 15) is 0 Å². The molecule has 0 amide bonds. The molecule has 0 aliphatic carbocycles. The first-order valence-corrected chi connectivity index (χ1v) is 7.67. The van der Waals surface area contributed by atoms with Crippen molar-refractivity contribution in [2.24, 2.45) is 0 Å². The molecule has 0 unspecified atom stereocenters. The van der Waals surface area contributed by atoms with Gasteiger partial charge in [-0.1, -0.05) is 65.8 Å². The van der Waals surface area contributed by atoms with Crippen LogP contribution < -0.4 is 0 Å². The summed E-state index contributed by atoms with van der Waals surface area (Å²) < 4.78 is 0. The van der Waals surface area contributed by atoms with E-state index in [0.717, 1.165) is 5.69 Å². The van der Waals surface area contributed by atoms with Gasteiger partial charge in [0.1, 0.15) is 0 Å². The highest BCUT2D eigenvalue weighted by atomic mass is 14.7. The minimum absolute atomic E-state index is 0.136. The van der Waals surface area contributed by atoms with Gasteiger partial charge in [0.05, 0.1) is 0 Å². The molecule has 1 heterocycles. The van der Waals surface area contributed by atoms with Gasteiger partial charge in [-0.15, -0.1) is 0 Å². The molecule has 1 heteroatoms. The smallest absolute Gasteiger partial charge is 0.0373 e. The van der Waals surface area contributed by atoms with Crippen LogP contribution in [0.2, 0.25) is 0 Å². The second-order valence-corrected chi connectivity index (χ2v) is 7.95. The van der Waals surface area contributed by atoms with Crippen LogP contribution in [0.4, 0.5) is 0 Å². The third kappa shape index (κ3) is 3.53. The van der Waals surface area contributed by atoms with Crippen LogP contribution in [0.1, 0.15) is 58.4 Å². The van der Waals surface area contributed by atoms with Gasteiger partial charge < -0.3 is 0 Å². The normalized spacial score (nSPS) is 12.5. The minimum atomic E-state index is 0.136. The number of pyridine rings is 1. The predicted molar refractivity (Wildman–Crippen MR) is 91.8 cm³/mol. The highest BCUT2D eigenvalue weighted by Crippen LogP contribution is 2.36. The fraction of sp³-hybridized carbons (Fsp3) is 0.450. The molecule has 2 rings (SSSR count). The summed E-state index contributed by atoms with van der Waals surface area (Å²) in [6.45, 7) is 15.7. The van der Waals surface area contributed by atoms with Gasteiger partial charge in [-0.05, 0) is 40.5 Å². The van der Waals surface area contributed by atoms with E-state index in [0.29, 0.717) is 0 Å². The summed E-state index contributed by atoms with van der Waals surface area (Å²) in [5.41, 5.74) is 6.64. The molecule has 112 valence electrons. The van der Waals surface area contributed by atoms with Crippen LogP contribution >= 0.6 is 0 Å². The van der Waals surface area contributed by atoms with Crippen LogP contribution in [-0.2, 0) is 10.8 Å². The summed E-state index contributed by atoms with van der Waals surface area (Å²) in [5, 5.41) is 0. The fourth-order valence-electron chi connectivity index (χ4n) is 2.64. The first kappa shape index (κ1) is 15.8. The molecular formula is C20H27N. The van der Waals surface area contributed by atoms with Gasteiger partial charge in [0.2, 0.25) is 0 Å². The first-order chi connectivity index (χ1) is 9.59. The van der Waals surface area contributed by atoms with Crippen molar-refractivity contribution in [3.63, 3.8) is 0 Å². The summed E-state index contributed by atoms with van der Waals surface area (Å²) in [5.74, 6) is 0. The fourth-order valence-corrected chi connectivity index (χ4v) is 2.64. The predicted octanol–water partition coefficient (Wildman–Crippen LogP) is 5.65. The number of aryl methyl sites for hydroxylation is 1. The van der Waals surface area contributed by atoms with Crippen molar-refractivity contribution in [3.05, 3.63) is 53.3 Å². The van der Waals surface area contributed by atoms with Crippen LogP contribution in [0.25, 0.3) is 11.1 Å². The van der Waals surface area contributed by atoms with Crippen LogP contribution in [-0.4, -0.2) is 4.98 Å². The van der Waals surface area contributed by atoms with Gasteiger partial charge in [0, 0.05) is 17.5 Å².